The number of nitrogens with zero attached hydrogens (tertiary/aromatic N) is 4. The van der Waals surface area contributed by atoms with E-state index >= 15 is 0 Å². The first kappa shape index (κ1) is 30.3. The summed E-state index contributed by atoms with van der Waals surface area (Å²) in [6.45, 7) is 0. The summed E-state index contributed by atoms with van der Waals surface area (Å²) < 4.78 is 4.81. The summed E-state index contributed by atoms with van der Waals surface area (Å²) in [5.41, 5.74) is 12.0. The average Bonchev–Trinajstić information content (AvgIpc) is 3.75. The second-order valence-corrected chi connectivity index (χ2v) is 13.9. The van der Waals surface area contributed by atoms with Crippen molar-refractivity contribution in [2.45, 2.75) is 0 Å². The zero-order valence-electron chi connectivity index (χ0n) is 29.3. The minimum absolute atomic E-state index is 0.710. The molecule has 0 N–H and O–H groups in total. The average molecular weight is 689 g/mol. The van der Waals surface area contributed by atoms with E-state index in [1.165, 1.54) is 43.6 Å². The van der Waals surface area contributed by atoms with E-state index in [0.29, 0.717) is 5.82 Å². The first-order valence-electron chi connectivity index (χ1n) is 18.3. The summed E-state index contributed by atoms with van der Waals surface area (Å²) in [5.74, 6) is 0.710. The van der Waals surface area contributed by atoms with Gasteiger partial charge in [0.1, 0.15) is 0 Å². The number of rotatable bonds is 5. The molecule has 0 aliphatic heterocycles. The van der Waals surface area contributed by atoms with Crippen molar-refractivity contribution in [3.8, 4) is 45.3 Å². The minimum Gasteiger partial charge on any atom is -0.309 e. The lowest BCUT2D eigenvalue weighted by Gasteiger charge is -2.12. The van der Waals surface area contributed by atoms with Gasteiger partial charge in [0, 0.05) is 49.6 Å². The van der Waals surface area contributed by atoms with Crippen LogP contribution in [0.25, 0.3) is 99.7 Å². The van der Waals surface area contributed by atoms with Crippen molar-refractivity contribution in [1.29, 1.82) is 0 Å². The van der Waals surface area contributed by atoms with Crippen molar-refractivity contribution in [2.75, 3.05) is 0 Å². The predicted octanol–water partition coefficient (Wildman–Crippen LogP) is 12.8. The van der Waals surface area contributed by atoms with Gasteiger partial charge >= 0.3 is 0 Å². The summed E-state index contributed by atoms with van der Waals surface area (Å²) in [4.78, 5) is 10.2. The Morgan fingerprint density at radius 3 is 1.41 bits per heavy atom. The normalized spacial score (nSPS) is 11.7. The predicted molar refractivity (Wildman–Crippen MR) is 225 cm³/mol. The molecule has 0 unspecified atom stereocenters. The van der Waals surface area contributed by atoms with Crippen LogP contribution >= 0.6 is 0 Å². The van der Waals surface area contributed by atoms with E-state index in [9.17, 15) is 0 Å². The van der Waals surface area contributed by atoms with Gasteiger partial charge in [-0.2, -0.15) is 0 Å². The van der Waals surface area contributed by atoms with Gasteiger partial charge in [-0.05, 0) is 71.4 Å². The second kappa shape index (κ2) is 12.1. The highest BCUT2D eigenvalue weighted by Crippen LogP contribution is 2.40. The molecule has 11 aromatic rings. The van der Waals surface area contributed by atoms with Gasteiger partial charge in [-0.3, -0.25) is 0 Å². The SMILES string of the molecule is c1ccc(-c2cc(-c3ccccc3)nc(-c3ccc4cc(-n5c6ccccc6c6cc7c8ccccc8n(-c8ccccc8)c7cc65)ccc4c3)n2)cc1. The molecule has 0 aliphatic carbocycles. The van der Waals surface area contributed by atoms with E-state index in [0.717, 1.165) is 50.2 Å². The van der Waals surface area contributed by atoms with Crippen molar-refractivity contribution >= 4 is 54.4 Å². The minimum atomic E-state index is 0.710. The highest BCUT2D eigenvalue weighted by Gasteiger charge is 2.19. The molecule has 0 bridgehead atoms. The molecular formula is C50H32N4. The quantitative estimate of drug-likeness (QED) is 0.180. The summed E-state index contributed by atoms with van der Waals surface area (Å²) in [6.07, 6.45) is 0. The van der Waals surface area contributed by atoms with Gasteiger partial charge in [0.15, 0.2) is 5.82 Å². The van der Waals surface area contributed by atoms with Gasteiger partial charge in [-0.15, -0.1) is 0 Å². The van der Waals surface area contributed by atoms with Crippen LogP contribution in [0.1, 0.15) is 0 Å². The molecule has 0 amide bonds. The van der Waals surface area contributed by atoms with Gasteiger partial charge in [-0.25, -0.2) is 9.97 Å². The molecule has 4 nitrogen and oxygen atoms in total. The molecule has 3 heterocycles. The second-order valence-electron chi connectivity index (χ2n) is 13.9. The molecule has 8 aromatic carbocycles. The topological polar surface area (TPSA) is 35.6 Å². The number of para-hydroxylation sites is 3. The van der Waals surface area contributed by atoms with Crippen molar-refractivity contribution in [3.05, 3.63) is 194 Å². The third-order valence-electron chi connectivity index (χ3n) is 10.7. The van der Waals surface area contributed by atoms with Crippen LogP contribution in [0.3, 0.4) is 0 Å². The molecule has 0 radical (unpaired) electrons. The lowest BCUT2D eigenvalue weighted by atomic mass is 10.0. The number of aromatic nitrogens is 4. The zero-order valence-corrected chi connectivity index (χ0v) is 29.3. The number of hydrogen-bond donors (Lipinski definition) is 0. The maximum atomic E-state index is 5.08. The molecule has 0 atom stereocenters. The van der Waals surface area contributed by atoms with Gasteiger partial charge in [0.05, 0.1) is 33.5 Å². The third-order valence-corrected chi connectivity index (χ3v) is 10.7. The first-order valence-corrected chi connectivity index (χ1v) is 18.3. The zero-order chi connectivity index (χ0) is 35.6. The molecule has 0 spiro atoms. The van der Waals surface area contributed by atoms with E-state index in [4.69, 9.17) is 9.97 Å². The van der Waals surface area contributed by atoms with Gasteiger partial charge in [0.2, 0.25) is 0 Å². The van der Waals surface area contributed by atoms with E-state index < -0.39 is 0 Å². The fourth-order valence-electron chi connectivity index (χ4n) is 8.17. The van der Waals surface area contributed by atoms with Gasteiger partial charge in [-0.1, -0.05) is 133 Å². The van der Waals surface area contributed by atoms with Gasteiger partial charge < -0.3 is 9.13 Å². The molecule has 0 saturated heterocycles. The Morgan fingerprint density at radius 1 is 0.296 bits per heavy atom. The highest BCUT2D eigenvalue weighted by molar-refractivity contribution is 6.19. The Bertz CT molecular complexity index is 3140. The number of fused-ring (bicyclic) bond motifs is 7. The van der Waals surface area contributed by atoms with Crippen LogP contribution in [0.4, 0.5) is 0 Å². The molecule has 4 heteroatoms. The van der Waals surface area contributed by atoms with Crippen molar-refractivity contribution in [1.82, 2.24) is 19.1 Å². The summed E-state index contributed by atoms with van der Waals surface area (Å²) in [6, 6.07) is 69.0. The van der Waals surface area contributed by atoms with Crippen LogP contribution in [-0.4, -0.2) is 19.1 Å². The summed E-state index contributed by atoms with van der Waals surface area (Å²) in [7, 11) is 0. The fraction of sp³-hybridized carbons (Fsp3) is 0. The van der Waals surface area contributed by atoms with Crippen molar-refractivity contribution in [2.24, 2.45) is 0 Å². The van der Waals surface area contributed by atoms with E-state index in [1.54, 1.807) is 0 Å². The number of hydrogen-bond acceptors (Lipinski definition) is 2. The van der Waals surface area contributed by atoms with Crippen LogP contribution in [-0.2, 0) is 0 Å². The monoisotopic (exact) mass is 688 g/mol. The molecule has 252 valence electrons. The van der Waals surface area contributed by atoms with E-state index in [1.807, 2.05) is 12.1 Å². The van der Waals surface area contributed by atoms with E-state index in [-0.39, 0.29) is 0 Å². The van der Waals surface area contributed by atoms with Gasteiger partial charge in [0.25, 0.3) is 0 Å². The van der Waals surface area contributed by atoms with Crippen LogP contribution in [0.2, 0.25) is 0 Å². The standard InChI is InChI=1S/C50H32N4/c1-4-14-33(15-5-1)44-31-45(34-16-6-2-7-17-34)52-50(51-44)37-25-24-36-29-39(27-26-35(36)28-37)54-47-23-13-11-21-41(47)43-30-42-40-20-10-12-22-46(40)53(48(42)32-49(43)54)38-18-8-3-9-19-38/h1-32H. The van der Waals surface area contributed by atoms with E-state index in [2.05, 4.69) is 191 Å². The first-order chi connectivity index (χ1) is 26.8. The molecule has 0 aliphatic rings. The smallest absolute Gasteiger partial charge is 0.160 e. The molecule has 3 aromatic heterocycles. The molecule has 0 saturated carbocycles. The van der Waals surface area contributed by atoms with Crippen LogP contribution < -0.4 is 0 Å². The van der Waals surface area contributed by atoms with Crippen LogP contribution in [0.5, 0.6) is 0 Å². The lowest BCUT2D eigenvalue weighted by molar-refractivity contribution is 1.17. The van der Waals surface area contributed by atoms with Crippen molar-refractivity contribution < 1.29 is 0 Å². The Hall–Kier alpha value is -7.30. The Balaban J connectivity index is 1.08. The molecule has 54 heavy (non-hydrogen) atoms. The molecule has 11 rings (SSSR count). The number of benzene rings is 8. The summed E-state index contributed by atoms with van der Waals surface area (Å²) in [5, 5.41) is 7.29. The fourth-order valence-corrected chi connectivity index (χ4v) is 8.17. The third kappa shape index (κ3) is 4.85. The van der Waals surface area contributed by atoms with Crippen LogP contribution in [0, 0.1) is 0 Å². The highest BCUT2D eigenvalue weighted by atomic mass is 15.0. The molecular weight excluding hydrogens is 657 g/mol. The van der Waals surface area contributed by atoms with Crippen LogP contribution in [0.15, 0.2) is 194 Å². The van der Waals surface area contributed by atoms with Crippen molar-refractivity contribution in [3.63, 3.8) is 0 Å². The maximum Gasteiger partial charge on any atom is 0.160 e. The largest absolute Gasteiger partial charge is 0.309 e. The Kier molecular flexibility index (Phi) is 6.82. The lowest BCUT2D eigenvalue weighted by Crippen LogP contribution is -1.97. The maximum absolute atomic E-state index is 5.08. The Morgan fingerprint density at radius 2 is 0.796 bits per heavy atom. The molecule has 0 fully saturated rings. The summed E-state index contributed by atoms with van der Waals surface area (Å²) >= 11 is 0. The Labute approximate surface area is 311 Å².